The van der Waals surface area contributed by atoms with Crippen molar-refractivity contribution in [3.05, 3.63) is 148 Å². The molecule has 2 atom stereocenters. The molecule has 5 aromatic rings. The van der Waals surface area contributed by atoms with Crippen molar-refractivity contribution >= 4 is 35.7 Å². The first kappa shape index (κ1) is 73.2. The van der Waals surface area contributed by atoms with E-state index in [9.17, 15) is 51.6 Å². The molecule has 0 spiro atoms. The van der Waals surface area contributed by atoms with E-state index in [1.54, 1.807) is 41.0 Å². The van der Waals surface area contributed by atoms with Gasteiger partial charge in [-0.15, -0.1) is 0 Å². The number of nitrogens with two attached hydrogens (primary N) is 1. The lowest BCUT2D eigenvalue weighted by Gasteiger charge is -2.25. The highest BCUT2D eigenvalue weighted by molar-refractivity contribution is 6.03. The highest BCUT2D eigenvalue weighted by atomic mass is 19.1. The van der Waals surface area contributed by atoms with Crippen LogP contribution >= 0.6 is 0 Å². The van der Waals surface area contributed by atoms with Crippen molar-refractivity contribution in [3.8, 4) is 34.1 Å². The first-order valence-electron chi connectivity index (χ1n) is 28.5. The quantitative estimate of drug-likeness (QED) is 0.0460. The second-order valence-corrected chi connectivity index (χ2v) is 25.0. The molecule has 2 aliphatic rings. The molecule has 0 aliphatic carbocycles. The predicted molar refractivity (Wildman–Crippen MR) is 329 cm³/mol. The Balaban J connectivity index is 0.000000354. The zero-order chi connectivity index (χ0) is 64.5. The third kappa shape index (κ3) is 24.7. The number of ketones is 2. The molecule has 2 aliphatic heterocycles. The van der Waals surface area contributed by atoms with Crippen LogP contribution in [0.5, 0.6) is 23.0 Å². The van der Waals surface area contributed by atoms with Crippen LogP contribution in [0.4, 0.5) is 27.2 Å². The van der Waals surface area contributed by atoms with E-state index in [1.807, 2.05) is 96.2 Å². The number of hydrogen-bond donors (Lipinski definition) is 2. The van der Waals surface area contributed by atoms with Gasteiger partial charge in [-0.05, 0) is 147 Å². The highest BCUT2D eigenvalue weighted by Crippen LogP contribution is 2.37. The van der Waals surface area contributed by atoms with Crippen LogP contribution in [0.2, 0.25) is 0 Å². The third-order valence-corrected chi connectivity index (χ3v) is 12.5. The molecule has 21 heteroatoms. The molecule has 17 nitrogen and oxygen atoms in total. The summed E-state index contributed by atoms with van der Waals surface area (Å²) in [6.07, 6.45) is 6.75. The molecule has 0 radical (unpaired) electrons. The van der Waals surface area contributed by atoms with Gasteiger partial charge in [-0.3, -0.25) is 24.5 Å². The minimum absolute atomic E-state index is 0. The number of nitro groups is 1. The lowest BCUT2D eigenvalue weighted by Crippen LogP contribution is -2.41. The van der Waals surface area contributed by atoms with Gasteiger partial charge in [-0.1, -0.05) is 78.4 Å². The Kier molecular flexibility index (Phi) is 27.0. The van der Waals surface area contributed by atoms with Crippen molar-refractivity contribution in [1.29, 1.82) is 0 Å². The maximum absolute atomic E-state index is 14.1. The molecule has 0 bridgehead atoms. The Bertz CT molecular complexity index is 3120. The molecule has 3 amide bonds. The maximum Gasteiger partial charge on any atom is 0.410 e. The number of nitrogens with one attached hydrogen (secondary N) is 1. The number of Topliss-reactive ketones (excluding diaryl/α,β-unsaturated/α-hetero) is 2. The molecular weight excluding hydrogens is 1130 g/mol. The zero-order valence-corrected chi connectivity index (χ0v) is 51.9. The number of amides is 3. The fraction of sp³-hybridized carbons (Fsp3) is 0.470. The Hall–Kier alpha value is -8.07. The van der Waals surface area contributed by atoms with E-state index in [0.717, 1.165) is 66.7 Å². The van der Waals surface area contributed by atoms with Crippen LogP contribution in [0, 0.1) is 38.8 Å². The number of aromatic nitrogens is 1. The third-order valence-electron chi connectivity index (χ3n) is 12.5. The molecule has 2 saturated heterocycles. The van der Waals surface area contributed by atoms with E-state index in [2.05, 4.69) is 9.88 Å². The van der Waals surface area contributed by atoms with Crippen molar-refractivity contribution in [2.75, 3.05) is 26.2 Å². The van der Waals surface area contributed by atoms with Gasteiger partial charge in [0.15, 0.2) is 34.8 Å². The Morgan fingerprint density at radius 3 is 1.54 bits per heavy atom. The SMILES string of the molecule is C.CC(C)(C)OC(=O)N1CC[C@@H](N)C1.CCC(=O)CC(=O)CC(C)(C)C.CCc1c(C(=O)NC(C)(C)C)c(-c2ccc(Oc3c(F)cccc3F)cc2)cn1[C@@H]1CCN(C(=O)OC(C)(C)C)C1.O=[N+]([O-])/C=C/c1ccc(Oc2c(F)cccc2F)cc1. The number of halogens is 4. The number of ether oxygens (including phenoxy) is 4. The lowest BCUT2D eigenvalue weighted by molar-refractivity contribution is -0.400. The second-order valence-electron chi connectivity index (χ2n) is 25.0. The van der Waals surface area contributed by atoms with Crippen LogP contribution in [-0.4, -0.2) is 97.9 Å². The number of likely N-dealkylation sites (tertiary alicyclic amines) is 2. The fourth-order valence-corrected chi connectivity index (χ4v) is 8.76. The number of hydrogen-bond acceptors (Lipinski definition) is 12. The fourth-order valence-electron chi connectivity index (χ4n) is 8.76. The Labute approximate surface area is 509 Å². The van der Waals surface area contributed by atoms with Crippen molar-refractivity contribution in [1.82, 2.24) is 19.7 Å². The summed E-state index contributed by atoms with van der Waals surface area (Å²) >= 11 is 0. The molecule has 476 valence electrons. The van der Waals surface area contributed by atoms with Crippen LogP contribution in [-0.2, 0) is 25.5 Å². The maximum atomic E-state index is 14.1. The molecule has 87 heavy (non-hydrogen) atoms. The monoisotopic (exact) mass is 1220 g/mol. The average Bonchev–Trinajstić information content (AvgIpc) is 1.68. The summed E-state index contributed by atoms with van der Waals surface area (Å²) in [6, 6.07) is 19.8. The Morgan fingerprint density at radius 2 is 1.14 bits per heavy atom. The summed E-state index contributed by atoms with van der Waals surface area (Å²) in [5, 5.41) is 13.3. The first-order chi connectivity index (χ1) is 40.0. The molecule has 3 N–H and O–H groups in total. The minimum atomic E-state index is -0.803. The number of rotatable bonds is 14. The van der Waals surface area contributed by atoms with Gasteiger partial charge in [0.1, 0.15) is 34.3 Å². The zero-order valence-electron chi connectivity index (χ0n) is 51.9. The predicted octanol–water partition coefficient (Wildman–Crippen LogP) is 15.5. The standard InChI is InChI=1S/C32H39F2N3O4.C14H9F2NO3.C10H18O2.C9H18N2O2.CH4/c1-8-26-27(29(38)35-31(2,3)4)23(19-37(26)21-16-17-36(18-21)30(39)41-32(5,6)7)20-12-14-22(15-13-20)40-28-24(33)10-9-11-25(28)34;15-12-2-1-3-13(16)14(12)20-11-6-4-10(5-7-11)8-9-17(18)19;1-5-8(11)6-9(12)7-10(2,3)4;1-9(2,3)13-8(12)11-5-4-7(10)6-11;/h9-15,19,21H,8,16-18H2,1-7H3,(H,35,38);1-9H;5-7H2,1-4H3;7H,4-6,10H2,1-3H3;1H4/b;9-8+;;;/t21-;;;7-;/m1..1./s1. The lowest BCUT2D eigenvalue weighted by atomic mass is 9.88. The van der Waals surface area contributed by atoms with Crippen molar-refractivity contribution < 1.29 is 65.4 Å². The first-order valence-corrected chi connectivity index (χ1v) is 28.5. The van der Waals surface area contributed by atoms with Crippen LogP contribution in [0.1, 0.15) is 164 Å². The van der Waals surface area contributed by atoms with Crippen LogP contribution < -0.4 is 20.5 Å². The minimum Gasteiger partial charge on any atom is -0.451 e. The topological polar surface area (TPSA) is 215 Å². The Morgan fingerprint density at radius 1 is 0.678 bits per heavy atom. The van der Waals surface area contributed by atoms with E-state index in [4.69, 9.17) is 24.7 Å². The number of nitrogens with zero attached hydrogens (tertiary/aromatic N) is 4. The molecule has 7 rings (SSSR count). The highest BCUT2D eigenvalue weighted by Gasteiger charge is 2.34. The molecular formula is C66H88F4N6O11. The summed E-state index contributed by atoms with van der Waals surface area (Å²) in [7, 11) is 0. The van der Waals surface area contributed by atoms with Gasteiger partial charge in [0, 0.05) is 74.1 Å². The van der Waals surface area contributed by atoms with Gasteiger partial charge < -0.3 is 44.4 Å². The van der Waals surface area contributed by atoms with Crippen LogP contribution in [0.3, 0.4) is 0 Å². The number of para-hydroxylation sites is 2. The summed E-state index contributed by atoms with van der Waals surface area (Å²) in [4.78, 5) is 72.9. The molecule has 1 aromatic heterocycles. The largest absolute Gasteiger partial charge is 0.451 e. The molecule has 0 saturated carbocycles. The van der Waals surface area contributed by atoms with E-state index in [0.29, 0.717) is 50.0 Å². The van der Waals surface area contributed by atoms with E-state index in [1.165, 1.54) is 42.5 Å². The van der Waals surface area contributed by atoms with Crippen LogP contribution in [0.25, 0.3) is 17.2 Å². The summed E-state index contributed by atoms with van der Waals surface area (Å²) in [5.41, 5.74) is 7.71. The van der Waals surface area contributed by atoms with Crippen molar-refractivity contribution in [2.24, 2.45) is 11.1 Å². The second kappa shape index (κ2) is 32.1. The number of carbonyl (C=O) groups excluding carboxylic acids is 5. The van der Waals surface area contributed by atoms with Gasteiger partial charge in [0.25, 0.3) is 5.91 Å². The van der Waals surface area contributed by atoms with Gasteiger partial charge in [0.2, 0.25) is 6.20 Å². The molecule has 4 aromatic carbocycles. The van der Waals surface area contributed by atoms with Crippen molar-refractivity contribution in [2.45, 2.75) is 172 Å². The van der Waals surface area contributed by atoms with Gasteiger partial charge in [-0.25, -0.2) is 27.2 Å². The van der Waals surface area contributed by atoms with E-state index in [-0.39, 0.29) is 72.5 Å². The molecule has 0 unspecified atom stereocenters. The molecule has 2 fully saturated rings. The van der Waals surface area contributed by atoms with Crippen LogP contribution in [0.15, 0.2) is 97.3 Å². The van der Waals surface area contributed by atoms with Gasteiger partial charge in [-0.2, -0.15) is 0 Å². The number of carbonyl (C=O) groups is 5. The van der Waals surface area contributed by atoms with Gasteiger partial charge >= 0.3 is 12.2 Å². The van der Waals surface area contributed by atoms with Gasteiger partial charge in [0.05, 0.1) is 22.9 Å². The smallest absolute Gasteiger partial charge is 0.410 e. The van der Waals surface area contributed by atoms with Crippen molar-refractivity contribution in [3.63, 3.8) is 0 Å². The summed E-state index contributed by atoms with van der Waals surface area (Å²) in [5.74, 6) is -3.75. The summed E-state index contributed by atoms with van der Waals surface area (Å²) < 4.78 is 78.4. The number of benzene rings is 4. The average molecular weight is 1220 g/mol. The summed E-state index contributed by atoms with van der Waals surface area (Å²) in [6.45, 7) is 29.0. The molecule has 3 heterocycles. The van der Waals surface area contributed by atoms with E-state index >= 15 is 0 Å². The normalized spacial score (nSPS) is 14.9. The van der Waals surface area contributed by atoms with E-state index < -0.39 is 56.4 Å².